The van der Waals surface area contributed by atoms with Crippen molar-refractivity contribution in [2.45, 2.75) is 126 Å². The number of anilines is 4. The number of nitrogens with one attached hydrogen (secondary N) is 3. The van der Waals surface area contributed by atoms with Crippen LogP contribution in [0.3, 0.4) is 0 Å². The van der Waals surface area contributed by atoms with Crippen LogP contribution < -0.4 is 24.6 Å². The van der Waals surface area contributed by atoms with Crippen molar-refractivity contribution in [1.29, 1.82) is 0 Å². The van der Waals surface area contributed by atoms with Gasteiger partial charge in [-0.2, -0.15) is 4.98 Å². The molecule has 5 fully saturated rings. The topological polar surface area (TPSA) is 196 Å². The Kier molecular flexibility index (Phi) is 12.5. The maximum absolute atomic E-state index is 15.3. The molecule has 6 aliphatic rings. The Morgan fingerprint density at radius 1 is 0.986 bits per heavy atom. The highest BCUT2D eigenvalue weighted by Gasteiger charge is 2.50. The van der Waals surface area contributed by atoms with E-state index in [0.717, 1.165) is 57.1 Å². The van der Waals surface area contributed by atoms with Crippen molar-refractivity contribution in [1.82, 2.24) is 19.6 Å². The largest absolute Gasteiger partial charge is 0.468 e. The number of H-pyrrole nitrogens is 1. The molecule has 0 unspecified atom stereocenters. The monoisotopic (exact) mass is 990 g/mol. The van der Waals surface area contributed by atoms with Crippen LogP contribution in [0, 0.1) is 34.2 Å². The summed E-state index contributed by atoms with van der Waals surface area (Å²) in [6, 6.07) is 20.0. The molecule has 3 aromatic carbocycles. The first-order chi connectivity index (χ1) is 34.1. The number of aromatic nitrogens is 2. The number of sulfonamides is 1. The van der Waals surface area contributed by atoms with E-state index in [1.54, 1.807) is 12.1 Å². The Hall–Kier alpha value is -5.82. The number of amides is 1. The molecule has 18 heteroatoms. The number of nitro groups is 1. The lowest BCUT2D eigenvalue weighted by Gasteiger charge is -2.57. The number of pyridine rings is 1. The zero-order chi connectivity index (χ0) is 49.2. The zero-order valence-corrected chi connectivity index (χ0v) is 41.2. The fourth-order valence-electron chi connectivity index (χ4n) is 12.6. The highest BCUT2D eigenvalue weighted by atomic mass is 32.2. The van der Waals surface area contributed by atoms with E-state index in [0.29, 0.717) is 61.5 Å². The minimum absolute atomic E-state index is 0.0318. The van der Waals surface area contributed by atoms with Crippen molar-refractivity contribution < 1.29 is 37.1 Å². The van der Waals surface area contributed by atoms with E-state index in [4.69, 9.17) is 9.47 Å². The van der Waals surface area contributed by atoms with Crippen LogP contribution in [0.4, 0.5) is 32.8 Å². The van der Waals surface area contributed by atoms with Gasteiger partial charge < -0.3 is 34.7 Å². The first kappa shape index (κ1) is 47.5. The summed E-state index contributed by atoms with van der Waals surface area (Å²) < 4.78 is 58.1. The summed E-state index contributed by atoms with van der Waals surface area (Å²) in [5, 5.41) is 26.1. The zero-order valence-electron chi connectivity index (χ0n) is 40.4. The Balaban J connectivity index is 0.877. The van der Waals surface area contributed by atoms with Gasteiger partial charge in [0.15, 0.2) is 0 Å². The van der Waals surface area contributed by atoms with Crippen molar-refractivity contribution in [3.63, 3.8) is 0 Å². The molecular weight excluding hydrogens is 928 g/mol. The molecule has 1 spiro atoms. The van der Waals surface area contributed by atoms with E-state index in [9.17, 15) is 28.4 Å². The van der Waals surface area contributed by atoms with E-state index in [1.807, 2.05) is 24.0 Å². The van der Waals surface area contributed by atoms with Crippen LogP contribution >= 0.6 is 0 Å². The lowest BCUT2D eigenvalue weighted by Crippen LogP contribution is -2.56. The van der Waals surface area contributed by atoms with Crippen molar-refractivity contribution in [2.75, 3.05) is 54.5 Å². The average molecular weight is 991 g/mol. The molecule has 11 rings (SSSR count). The molecule has 4 aliphatic heterocycles. The first-order valence-electron chi connectivity index (χ1n) is 25.4. The molecule has 16 nitrogen and oxygen atoms in total. The molecule has 71 heavy (non-hydrogen) atoms. The maximum atomic E-state index is 15.3. The summed E-state index contributed by atoms with van der Waals surface area (Å²) in [5.41, 5.74) is 4.04. The van der Waals surface area contributed by atoms with Crippen LogP contribution in [-0.2, 0) is 14.8 Å². The molecule has 5 aromatic rings. The van der Waals surface area contributed by atoms with Gasteiger partial charge in [-0.05, 0) is 150 Å². The standard InChI is InChI=1S/C53H63FN8O8S/c1-33-7-3-4-8-38(33)43-9-5-6-21-60(43)36-28-53(29-36)19-22-59(23-20-53)35-10-12-39(45(25-35)61-44-16-24-69-32-48(44)70-51-47(61)27-40-41(54)31-56-49(40)57-51)50(63)58-71(67,68)37-11-13-42(46(26-37)62(65)66)55-30-34-14-17-52(2,64)18-15-34/h3-4,7-8,10-13,25-27,31,34,36,43-44,48,55,64H,5-6,9,14-24,28-30,32H2,1-2H3,(H,56,57)(H,58,63)/t34-,43-,44+,48+,52-/m1/s1. The van der Waals surface area contributed by atoms with Crippen molar-refractivity contribution in [3.8, 4) is 5.88 Å². The lowest BCUT2D eigenvalue weighted by atomic mass is 9.59. The fourth-order valence-corrected chi connectivity index (χ4v) is 13.6. The number of aryl methyl sites for hydroxylation is 1. The normalized spacial score (nSPS) is 25.7. The molecule has 1 amide bonds. The van der Waals surface area contributed by atoms with Gasteiger partial charge in [0, 0.05) is 56.3 Å². The second kappa shape index (κ2) is 18.7. The number of benzene rings is 3. The van der Waals surface area contributed by atoms with Gasteiger partial charge >= 0.3 is 0 Å². The second-order valence-corrected chi connectivity index (χ2v) is 23.0. The predicted molar refractivity (Wildman–Crippen MR) is 268 cm³/mol. The molecule has 6 heterocycles. The van der Waals surface area contributed by atoms with Crippen molar-refractivity contribution >= 4 is 55.4 Å². The number of aromatic amines is 1. The Morgan fingerprint density at radius 2 is 1.77 bits per heavy atom. The average Bonchev–Trinajstić information content (AvgIpc) is 3.72. The second-order valence-electron chi connectivity index (χ2n) is 21.4. The third-order valence-electron chi connectivity index (χ3n) is 16.7. The summed E-state index contributed by atoms with van der Waals surface area (Å²) in [7, 11) is -4.66. The molecule has 0 radical (unpaired) electrons. The number of fused-ring (bicyclic) bond motifs is 3. The predicted octanol–water partition coefficient (Wildman–Crippen LogP) is 9.05. The molecule has 2 aromatic heterocycles. The highest BCUT2D eigenvalue weighted by Crippen LogP contribution is 2.54. The summed E-state index contributed by atoms with van der Waals surface area (Å²) in [5.74, 6) is -1.05. The van der Waals surface area contributed by atoms with Gasteiger partial charge in [-0.25, -0.2) is 17.5 Å². The summed E-state index contributed by atoms with van der Waals surface area (Å²) in [6.45, 7) is 7.81. The molecule has 2 saturated carbocycles. The highest BCUT2D eigenvalue weighted by molar-refractivity contribution is 7.90. The fraction of sp³-hybridized carbons (Fsp3) is 0.509. The van der Waals surface area contributed by atoms with E-state index >= 15 is 4.39 Å². The number of rotatable bonds is 11. The number of hydrogen-bond donors (Lipinski definition) is 4. The van der Waals surface area contributed by atoms with Gasteiger partial charge in [-0.1, -0.05) is 30.7 Å². The third kappa shape index (κ3) is 9.21. The number of carbonyl (C=O) groups is 1. The van der Waals surface area contributed by atoms with Crippen LogP contribution in [0.5, 0.6) is 5.88 Å². The smallest absolute Gasteiger partial charge is 0.293 e. The molecule has 0 bridgehead atoms. The molecule has 376 valence electrons. The van der Waals surface area contributed by atoms with Gasteiger partial charge in [0.1, 0.15) is 28.9 Å². The van der Waals surface area contributed by atoms with Crippen molar-refractivity contribution in [2.24, 2.45) is 11.3 Å². The minimum atomic E-state index is -4.66. The van der Waals surface area contributed by atoms with Gasteiger partial charge in [0.2, 0.25) is 5.88 Å². The van der Waals surface area contributed by atoms with E-state index in [-0.39, 0.29) is 40.5 Å². The third-order valence-corrected chi connectivity index (χ3v) is 18.1. The lowest BCUT2D eigenvalue weighted by molar-refractivity contribution is -0.384. The Bertz CT molecular complexity index is 2960. The number of hydrogen-bond acceptors (Lipinski definition) is 13. The number of halogens is 1. The summed E-state index contributed by atoms with van der Waals surface area (Å²) in [4.78, 5) is 40.5. The number of ether oxygens (including phenoxy) is 2. The number of carbonyl (C=O) groups excluding carboxylic acids is 1. The van der Waals surface area contributed by atoms with Gasteiger partial charge in [0.05, 0.1) is 44.7 Å². The summed E-state index contributed by atoms with van der Waals surface area (Å²) in [6.07, 6.45) is 12.0. The number of piperidine rings is 2. The quantitative estimate of drug-likeness (QED) is 0.0724. The molecule has 3 atom stereocenters. The molecule has 4 N–H and O–H groups in total. The van der Waals surface area contributed by atoms with Crippen LogP contribution in [-0.4, -0.2) is 102 Å². The van der Waals surface area contributed by atoms with Gasteiger partial charge in [-0.3, -0.25) is 19.8 Å². The first-order valence-corrected chi connectivity index (χ1v) is 26.9. The van der Waals surface area contributed by atoms with E-state index < -0.39 is 55.0 Å². The Labute approximate surface area is 413 Å². The van der Waals surface area contributed by atoms with Crippen LogP contribution in [0.1, 0.15) is 112 Å². The summed E-state index contributed by atoms with van der Waals surface area (Å²) >= 11 is 0. The molecular formula is C53H63FN8O8S. The van der Waals surface area contributed by atoms with Gasteiger partial charge in [-0.15, -0.1) is 0 Å². The maximum Gasteiger partial charge on any atom is 0.293 e. The Morgan fingerprint density at radius 3 is 2.55 bits per heavy atom. The molecule has 3 saturated heterocycles. The molecule has 2 aliphatic carbocycles. The number of likely N-dealkylation sites (tertiary alicyclic amines) is 1. The minimum Gasteiger partial charge on any atom is -0.468 e. The number of nitro benzene ring substituents is 1. The van der Waals surface area contributed by atoms with Crippen LogP contribution in [0.2, 0.25) is 0 Å². The van der Waals surface area contributed by atoms with E-state index in [1.165, 1.54) is 61.6 Å². The number of aliphatic hydroxyl groups is 1. The van der Waals surface area contributed by atoms with Crippen LogP contribution in [0.15, 0.2) is 77.8 Å². The van der Waals surface area contributed by atoms with Crippen molar-refractivity contribution in [3.05, 3.63) is 106 Å². The van der Waals surface area contributed by atoms with Gasteiger partial charge in [0.25, 0.3) is 21.6 Å². The van der Waals surface area contributed by atoms with E-state index in [2.05, 4.69) is 61.0 Å². The SMILES string of the molecule is Cc1ccccc1[C@H]1CCCCN1C1CC2(CCN(c3ccc(C(=O)NS(=O)(=O)c4ccc(NC[C@H]5CC[C@](C)(O)CC5)c([N+](=O)[O-])c4)c(N4c5cc6c(F)c[nH]c6nc5O[C@H]5COCC[C@@H]54)c3)CC2)C1. The van der Waals surface area contributed by atoms with Crippen LogP contribution in [0.25, 0.3) is 11.0 Å². The number of nitrogens with zero attached hydrogens (tertiary/aromatic N) is 5.